The second kappa shape index (κ2) is 11.6. The highest BCUT2D eigenvalue weighted by molar-refractivity contribution is 8.17. The molecule has 0 aliphatic carbocycles. The molecular formula is C29H34O2S2. The predicted molar refractivity (Wildman–Crippen MR) is 143 cm³/mol. The first-order chi connectivity index (χ1) is 16.1. The van der Waals surface area contributed by atoms with Crippen LogP contribution in [0.3, 0.4) is 0 Å². The van der Waals surface area contributed by atoms with E-state index in [0.29, 0.717) is 11.2 Å². The highest BCUT2D eigenvalue weighted by Gasteiger charge is 2.39. The lowest BCUT2D eigenvalue weighted by Gasteiger charge is -2.38. The van der Waals surface area contributed by atoms with Crippen molar-refractivity contribution in [2.24, 2.45) is 11.8 Å². The van der Waals surface area contributed by atoms with Crippen molar-refractivity contribution < 1.29 is 9.84 Å². The molecule has 2 nitrogen and oxygen atoms in total. The molecule has 1 aliphatic rings. The van der Waals surface area contributed by atoms with E-state index in [9.17, 15) is 5.11 Å². The first-order valence-electron chi connectivity index (χ1n) is 11.8. The molecule has 3 atom stereocenters. The number of ether oxygens (including phenoxy) is 1. The summed E-state index contributed by atoms with van der Waals surface area (Å²) in [4.78, 5) is 0. The summed E-state index contributed by atoms with van der Waals surface area (Å²) < 4.78 is 7.39. The van der Waals surface area contributed by atoms with E-state index in [1.807, 2.05) is 41.7 Å². The van der Waals surface area contributed by atoms with Gasteiger partial charge in [0.1, 0.15) is 5.60 Å². The van der Waals surface area contributed by atoms with E-state index in [-0.39, 0.29) is 11.8 Å². The molecule has 0 radical (unpaired) electrons. The van der Waals surface area contributed by atoms with Crippen LogP contribution in [0, 0.1) is 11.8 Å². The Balaban J connectivity index is 1.65. The summed E-state index contributed by atoms with van der Waals surface area (Å²) in [5.41, 5.74) is 2.54. The maximum Gasteiger partial charge on any atom is 0.143 e. The van der Waals surface area contributed by atoms with Gasteiger partial charge in [0, 0.05) is 11.8 Å². The van der Waals surface area contributed by atoms with Gasteiger partial charge in [-0.3, -0.25) is 0 Å². The zero-order chi connectivity index (χ0) is 23.1. The second-order valence-electron chi connectivity index (χ2n) is 8.88. The zero-order valence-corrected chi connectivity index (χ0v) is 21.1. The Morgan fingerprint density at radius 3 is 1.64 bits per heavy atom. The zero-order valence-electron chi connectivity index (χ0n) is 19.5. The smallest absolute Gasteiger partial charge is 0.143 e. The Kier molecular flexibility index (Phi) is 8.59. The largest absolute Gasteiger partial charge is 0.392 e. The molecule has 3 aromatic carbocycles. The molecule has 1 saturated heterocycles. The monoisotopic (exact) mass is 478 g/mol. The Morgan fingerprint density at radius 1 is 0.788 bits per heavy atom. The van der Waals surface area contributed by atoms with Crippen molar-refractivity contribution in [2.45, 2.75) is 36.6 Å². The molecule has 1 fully saturated rings. The second-order valence-corrected chi connectivity index (χ2v) is 11.7. The van der Waals surface area contributed by atoms with Gasteiger partial charge in [-0.05, 0) is 34.6 Å². The topological polar surface area (TPSA) is 29.5 Å². The summed E-state index contributed by atoms with van der Waals surface area (Å²) in [5, 5.41) is 11.2. The molecule has 4 heteroatoms. The summed E-state index contributed by atoms with van der Waals surface area (Å²) in [6.07, 6.45) is 0.856. The Morgan fingerprint density at radius 2 is 1.21 bits per heavy atom. The van der Waals surface area contributed by atoms with Gasteiger partial charge in [-0.15, -0.1) is 23.5 Å². The van der Waals surface area contributed by atoms with E-state index in [0.717, 1.165) is 16.7 Å². The quantitative estimate of drug-likeness (QED) is 0.342. The SMILES string of the molecule is C[C@H](C1SCCCS1)[C@@H](O)[C@@H](C)COC(c1ccccc1)(c1ccccc1)c1ccccc1. The van der Waals surface area contributed by atoms with Crippen LogP contribution in [0.5, 0.6) is 0 Å². The van der Waals surface area contributed by atoms with Gasteiger partial charge in [0.15, 0.2) is 0 Å². The van der Waals surface area contributed by atoms with Crippen LogP contribution in [-0.2, 0) is 10.3 Å². The summed E-state index contributed by atoms with van der Waals surface area (Å²) in [5.74, 6) is 2.62. The molecule has 3 aromatic rings. The van der Waals surface area contributed by atoms with Gasteiger partial charge < -0.3 is 9.84 Å². The van der Waals surface area contributed by atoms with Crippen molar-refractivity contribution in [3.05, 3.63) is 108 Å². The summed E-state index contributed by atoms with van der Waals surface area (Å²) in [7, 11) is 0. The number of benzene rings is 3. The van der Waals surface area contributed by atoms with E-state index < -0.39 is 11.7 Å². The van der Waals surface area contributed by atoms with Crippen LogP contribution in [0.25, 0.3) is 0 Å². The van der Waals surface area contributed by atoms with Gasteiger partial charge in [0.05, 0.1) is 17.3 Å². The number of aliphatic hydroxyl groups excluding tert-OH is 1. The third kappa shape index (κ3) is 5.51. The highest BCUT2D eigenvalue weighted by Crippen LogP contribution is 2.42. The molecule has 0 unspecified atom stereocenters. The normalized spacial score (nSPS) is 17.9. The van der Waals surface area contributed by atoms with Crippen LogP contribution in [0.15, 0.2) is 91.0 Å². The van der Waals surface area contributed by atoms with E-state index in [1.54, 1.807) is 0 Å². The Bertz CT molecular complexity index is 862. The summed E-state index contributed by atoms with van der Waals surface area (Å²) in [6, 6.07) is 31.3. The Hall–Kier alpha value is -1.72. The lowest BCUT2D eigenvalue weighted by molar-refractivity contribution is -0.0427. The lowest BCUT2D eigenvalue weighted by Crippen LogP contribution is -2.39. The van der Waals surface area contributed by atoms with E-state index in [1.165, 1.54) is 17.9 Å². The number of hydrogen-bond acceptors (Lipinski definition) is 4. The minimum Gasteiger partial charge on any atom is -0.392 e. The lowest BCUT2D eigenvalue weighted by atomic mass is 9.80. The van der Waals surface area contributed by atoms with Crippen LogP contribution in [-0.4, -0.2) is 33.9 Å². The fourth-order valence-corrected chi connectivity index (χ4v) is 7.77. The summed E-state index contributed by atoms with van der Waals surface area (Å²) >= 11 is 3.99. The van der Waals surface area contributed by atoms with Gasteiger partial charge in [0.2, 0.25) is 0 Å². The summed E-state index contributed by atoms with van der Waals surface area (Å²) in [6.45, 7) is 4.77. The molecule has 0 bridgehead atoms. The first-order valence-corrected chi connectivity index (χ1v) is 13.9. The molecule has 1 N–H and O–H groups in total. The average Bonchev–Trinajstić information content (AvgIpc) is 2.90. The molecule has 0 spiro atoms. The van der Waals surface area contributed by atoms with Gasteiger partial charge in [-0.2, -0.15) is 0 Å². The standard InChI is InChI=1S/C29H34O2S2/c1-22(27(30)23(2)28-32-19-12-20-33-28)21-31-29(24-13-6-3-7-14-24,25-15-8-4-9-16-25)26-17-10-5-11-18-26/h3-11,13-18,22-23,27-28,30H,12,19-21H2,1-2H3/t22-,23-,27-/m0/s1. The van der Waals surface area contributed by atoms with Crippen molar-refractivity contribution >= 4 is 23.5 Å². The van der Waals surface area contributed by atoms with Crippen LogP contribution in [0.1, 0.15) is 37.0 Å². The minimum atomic E-state index is -0.741. The Labute approximate surface area is 207 Å². The number of thioether (sulfide) groups is 2. The number of hydrogen-bond donors (Lipinski definition) is 1. The molecule has 0 amide bonds. The van der Waals surface area contributed by atoms with Crippen molar-refractivity contribution in [3.8, 4) is 0 Å². The van der Waals surface area contributed by atoms with Gasteiger partial charge in [0.25, 0.3) is 0 Å². The fourth-order valence-electron chi connectivity index (χ4n) is 4.61. The van der Waals surface area contributed by atoms with Crippen LogP contribution in [0.2, 0.25) is 0 Å². The average molecular weight is 479 g/mol. The predicted octanol–water partition coefficient (Wildman–Crippen LogP) is 6.82. The van der Waals surface area contributed by atoms with E-state index in [4.69, 9.17) is 4.74 Å². The van der Waals surface area contributed by atoms with Crippen LogP contribution >= 0.6 is 23.5 Å². The maximum absolute atomic E-state index is 11.2. The van der Waals surface area contributed by atoms with Crippen molar-refractivity contribution in [1.29, 1.82) is 0 Å². The van der Waals surface area contributed by atoms with Gasteiger partial charge in [-0.1, -0.05) is 105 Å². The van der Waals surface area contributed by atoms with E-state index in [2.05, 4.69) is 86.6 Å². The number of rotatable bonds is 9. The third-order valence-electron chi connectivity index (χ3n) is 6.51. The molecule has 33 heavy (non-hydrogen) atoms. The third-order valence-corrected chi connectivity index (χ3v) is 9.89. The first kappa shape index (κ1) is 24.4. The van der Waals surface area contributed by atoms with Gasteiger partial charge in [-0.25, -0.2) is 0 Å². The van der Waals surface area contributed by atoms with Crippen LogP contribution < -0.4 is 0 Å². The van der Waals surface area contributed by atoms with Gasteiger partial charge >= 0.3 is 0 Å². The van der Waals surface area contributed by atoms with Crippen molar-refractivity contribution in [1.82, 2.24) is 0 Å². The molecule has 174 valence electrons. The molecular weight excluding hydrogens is 444 g/mol. The van der Waals surface area contributed by atoms with Crippen molar-refractivity contribution in [3.63, 3.8) is 0 Å². The minimum absolute atomic E-state index is 0.0126. The fraction of sp³-hybridized carbons (Fsp3) is 0.379. The maximum atomic E-state index is 11.2. The van der Waals surface area contributed by atoms with Crippen molar-refractivity contribution in [2.75, 3.05) is 18.1 Å². The van der Waals surface area contributed by atoms with E-state index >= 15 is 0 Å². The molecule has 1 heterocycles. The number of aliphatic hydroxyl groups is 1. The molecule has 4 rings (SSSR count). The highest BCUT2D eigenvalue weighted by atomic mass is 32.2. The molecule has 1 aliphatic heterocycles. The molecule has 0 aromatic heterocycles. The van der Waals surface area contributed by atoms with Crippen LogP contribution in [0.4, 0.5) is 0 Å². The molecule has 0 saturated carbocycles.